The summed E-state index contributed by atoms with van der Waals surface area (Å²) in [6.07, 6.45) is -4.67. The van der Waals surface area contributed by atoms with Crippen molar-refractivity contribution < 1.29 is 53.1 Å². The lowest BCUT2D eigenvalue weighted by Gasteiger charge is -2.44. The van der Waals surface area contributed by atoms with E-state index in [2.05, 4.69) is 6.58 Å². The lowest BCUT2D eigenvalue weighted by molar-refractivity contribution is -0.181. The van der Waals surface area contributed by atoms with Crippen molar-refractivity contribution >= 4 is 29.7 Å². The first kappa shape index (κ1) is 36.6. The SMILES string of the molecule is C=C1C(OC(C)=O)[C@H]2[C@@H](OC(=O)c3ccccc3)[C@@H](C)C[C@]2(O)[C@H](O)[C@H](C)/C=C/C(C)(C)C(=O)[C@H](OC(=O)C(C)C)[C@H]1OC(C)=O. The molecule has 9 atom stereocenters. The van der Waals surface area contributed by atoms with Crippen molar-refractivity contribution in [2.45, 2.75) is 97.9 Å². The summed E-state index contributed by atoms with van der Waals surface area (Å²) in [5.74, 6) is -7.20. The molecule has 2 aliphatic rings. The van der Waals surface area contributed by atoms with E-state index in [0.29, 0.717) is 0 Å². The summed E-state index contributed by atoms with van der Waals surface area (Å²) in [4.78, 5) is 65.6. The number of carbonyl (C=O) groups excluding carboxylic acids is 5. The number of ketones is 1. The van der Waals surface area contributed by atoms with Crippen molar-refractivity contribution in [3.63, 3.8) is 0 Å². The molecule has 0 amide bonds. The third kappa shape index (κ3) is 7.75. The van der Waals surface area contributed by atoms with Crippen LogP contribution in [-0.4, -0.2) is 76.0 Å². The second-order valence-electron chi connectivity index (χ2n) is 13.3. The highest BCUT2D eigenvalue weighted by Gasteiger charge is 2.62. The molecule has 11 nitrogen and oxygen atoms in total. The monoisotopic (exact) mass is 642 g/mol. The van der Waals surface area contributed by atoms with Gasteiger partial charge < -0.3 is 29.2 Å². The van der Waals surface area contributed by atoms with Gasteiger partial charge in [-0.1, -0.05) is 64.6 Å². The highest BCUT2D eigenvalue weighted by molar-refractivity contribution is 5.93. The molecule has 46 heavy (non-hydrogen) atoms. The second-order valence-corrected chi connectivity index (χ2v) is 13.3. The third-order valence-electron chi connectivity index (χ3n) is 8.75. The summed E-state index contributed by atoms with van der Waals surface area (Å²) in [6, 6.07) is 8.15. The number of rotatable bonds is 6. The van der Waals surface area contributed by atoms with Gasteiger partial charge in [-0.15, -0.1) is 0 Å². The van der Waals surface area contributed by atoms with Crippen LogP contribution in [0.5, 0.6) is 0 Å². The van der Waals surface area contributed by atoms with Gasteiger partial charge in [0, 0.05) is 30.8 Å². The zero-order valence-electron chi connectivity index (χ0n) is 27.7. The Labute approximate surface area is 269 Å². The Kier molecular flexibility index (Phi) is 11.4. The van der Waals surface area contributed by atoms with E-state index in [1.165, 1.54) is 6.08 Å². The Morgan fingerprint density at radius 2 is 1.48 bits per heavy atom. The molecule has 252 valence electrons. The van der Waals surface area contributed by atoms with Crippen LogP contribution in [0, 0.1) is 29.1 Å². The largest absolute Gasteiger partial charge is 0.458 e. The van der Waals surface area contributed by atoms with E-state index in [0.717, 1.165) is 13.8 Å². The zero-order valence-corrected chi connectivity index (χ0v) is 27.7. The number of ether oxygens (including phenoxy) is 4. The van der Waals surface area contributed by atoms with Crippen molar-refractivity contribution in [3.8, 4) is 0 Å². The molecule has 11 heteroatoms. The topological polar surface area (TPSA) is 163 Å². The minimum Gasteiger partial charge on any atom is -0.458 e. The van der Waals surface area contributed by atoms with Crippen LogP contribution in [-0.2, 0) is 38.1 Å². The van der Waals surface area contributed by atoms with Crippen LogP contribution in [0.3, 0.4) is 0 Å². The molecule has 1 aromatic carbocycles. The molecule has 1 saturated carbocycles. The van der Waals surface area contributed by atoms with Gasteiger partial charge in [-0.25, -0.2) is 4.79 Å². The van der Waals surface area contributed by atoms with E-state index < -0.39 is 94.9 Å². The van der Waals surface area contributed by atoms with E-state index >= 15 is 0 Å². The smallest absolute Gasteiger partial charge is 0.338 e. The van der Waals surface area contributed by atoms with Crippen molar-refractivity contribution in [2.75, 3.05) is 0 Å². The number of aliphatic hydroxyl groups is 2. The summed E-state index contributed by atoms with van der Waals surface area (Å²) < 4.78 is 23.1. The summed E-state index contributed by atoms with van der Waals surface area (Å²) >= 11 is 0. The fraction of sp³-hybridized carbons (Fsp3) is 0.571. The molecule has 0 spiro atoms. The molecule has 1 unspecified atom stereocenters. The molecule has 2 aliphatic carbocycles. The Bertz CT molecular complexity index is 1360. The first-order valence-corrected chi connectivity index (χ1v) is 15.5. The molecule has 0 radical (unpaired) electrons. The highest BCUT2D eigenvalue weighted by atomic mass is 16.6. The zero-order chi connectivity index (χ0) is 34.7. The van der Waals surface area contributed by atoms with E-state index in [-0.39, 0.29) is 17.6 Å². The standard InChI is InChI=1S/C35H46O11/c1-18(2)32(40)46-29-28(44-23(7)37)21(5)27(43-22(6)36)25-26(45-33(41)24-13-11-10-12-14-24)20(4)17-35(25,42)30(38)19(3)15-16-34(8,9)31(29)39/h10-16,18-20,25-30,38,42H,5,17H2,1-4,6-9H3/b16-15+/t19-,20+,25-,26+,27?,28+,29-,30-,35-/m1/s1. The van der Waals surface area contributed by atoms with Gasteiger partial charge in [0.2, 0.25) is 6.10 Å². The van der Waals surface area contributed by atoms with Gasteiger partial charge in [0.25, 0.3) is 0 Å². The number of Topliss-reactive ketones (excluding diaryl/α,β-unsaturated/α-hetero) is 1. The fourth-order valence-corrected chi connectivity index (χ4v) is 6.26. The number of allylic oxidation sites excluding steroid dienone is 1. The maximum atomic E-state index is 14.2. The number of aliphatic hydroxyl groups excluding tert-OH is 1. The first-order valence-electron chi connectivity index (χ1n) is 15.5. The number of benzene rings is 1. The Hall–Kier alpha value is -3.83. The number of carbonyl (C=O) groups is 5. The van der Waals surface area contributed by atoms with Gasteiger partial charge in [-0.05, 0) is 38.3 Å². The summed E-state index contributed by atoms with van der Waals surface area (Å²) in [5, 5.41) is 24.2. The molecule has 1 fully saturated rings. The molecule has 2 N–H and O–H groups in total. The minimum absolute atomic E-state index is 0.0822. The maximum Gasteiger partial charge on any atom is 0.338 e. The normalized spacial score (nSPS) is 33.5. The van der Waals surface area contributed by atoms with Crippen LogP contribution in [0.4, 0.5) is 0 Å². The highest BCUT2D eigenvalue weighted by Crippen LogP contribution is 2.50. The summed E-state index contributed by atoms with van der Waals surface area (Å²) in [6.45, 7) is 15.9. The Morgan fingerprint density at radius 1 is 0.913 bits per heavy atom. The lowest BCUT2D eigenvalue weighted by Crippen LogP contribution is -2.58. The summed E-state index contributed by atoms with van der Waals surface area (Å²) in [5.41, 5.74) is -3.36. The molecule has 0 aromatic heterocycles. The summed E-state index contributed by atoms with van der Waals surface area (Å²) in [7, 11) is 0. The first-order chi connectivity index (χ1) is 21.3. The van der Waals surface area contributed by atoms with E-state index in [1.807, 2.05) is 0 Å². The van der Waals surface area contributed by atoms with Crippen LogP contribution in [0.15, 0.2) is 54.6 Å². The van der Waals surface area contributed by atoms with Crippen molar-refractivity contribution in [3.05, 3.63) is 60.2 Å². The molecular weight excluding hydrogens is 596 g/mol. The predicted molar refractivity (Wildman–Crippen MR) is 166 cm³/mol. The van der Waals surface area contributed by atoms with Gasteiger partial charge in [0.05, 0.1) is 23.5 Å². The van der Waals surface area contributed by atoms with Crippen molar-refractivity contribution in [1.29, 1.82) is 0 Å². The molecule has 0 heterocycles. The van der Waals surface area contributed by atoms with Crippen LogP contribution < -0.4 is 0 Å². The number of hydrogen-bond acceptors (Lipinski definition) is 11. The van der Waals surface area contributed by atoms with Crippen LogP contribution in [0.25, 0.3) is 0 Å². The minimum atomic E-state index is -2.05. The fourth-order valence-electron chi connectivity index (χ4n) is 6.26. The Balaban J connectivity index is 2.32. The maximum absolute atomic E-state index is 14.2. The molecule has 0 bridgehead atoms. The second kappa shape index (κ2) is 14.3. The quantitative estimate of drug-likeness (QED) is 0.264. The molecular formula is C35H46O11. The van der Waals surface area contributed by atoms with E-state index in [9.17, 15) is 34.2 Å². The average Bonchev–Trinajstić information content (AvgIpc) is 3.23. The van der Waals surface area contributed by atoms with E-state index in [4.69, 9.17) is 18.9 Å². The molecule has 0 saturated heterocycles. The van der Waals surface area contributed by atoms with Crippen LogP contribution >= 0.6 is 0 Å². The predicted octanol–water partition coefficient (Wildman–Crippen LogP) is 3.75. The van der Waals surface area contributed by atoms with Crippen LogP contribution in [0.1, 0.15) is 72.2 Å². The Morgan fingerprint density at radius 3 is 2.02 bits per heavy atom. The lowest BCUT2D eigenvalue weighted by atomic mass is 9.72. The van der Waals surface area contributed by atoms with Gasteiger partial charge >= 0.3 is 23.9 Å². The molecule has 1 aromatic rings. The molecule has 0 aliphatic heterocycles. The van der Waals surface area contributed by atoms with Gasteiger partial charge in [0.15, 0.2) is 11.9 Å². The van der Waals surface area contributed by atoms with Crippen LogP contribution in [0.2, 0.25) is 0 Å². The van der Waals surface area contributed by atoms with Gasteiger partial charge in [-0.3, -0.25) is 19.2 Å². The third-order valence-corrected chi connectivity index (χ3v) is 8.75. The van der Waals surface area contributed by atoms with E-state index in [1.54, 1.807) is 78.0 Å². The number of hydrogen-bond donors (Lipinski definition) is 2. The average molecular weight is 643 g/mol. The van der Waals surface area contributed by atoms with Crippen molar-refractivity contribution in [1.82, 2.24) is 0 Å². The molecule has 3 rings (SSSR count). The number of fused-ring (bicyclic) bond motifs is 1. The number of esters is 4. The van der Waals surface area contributed by atoms with Gasteiger partial charge in [-0.2, -0.15) is 0 Å². The van der Waals surface area contributed by atoms with Crippen molar-refractivity contribution in [2.24, 2.45) is 29.1 Å². The van der Waals surface area contributed by atoms with Gasteiger partial charge in [0.1, 0.15) is 17.8 Å².